The number of rotatable bonds is 5. The number of para-hydroxylation sites is 1. The van der Waals surface area contributed by atoms with Gasteiger partial charge < -0.3 is 14.8 Å². The van der Waals surface area contributed by atoms with Crippen LogP contribution in [0.1, 0.15) is 37.7 Å². The number of hydrogen-bond donors (Lipinski definition) is 2. The molecule has 2 aromatic rings. The van der Waals surface area contributed by atoms with Gasteiger partial charge in [-0.25, -0.2) is 0 Å². The van der Waals surface area contributed by atoms with Gasteiger partial charge in [-0.2, -0.15) is 0 Å². The van der Waals surface area contributed by atoms with Crippen LogP contribution in [0, 0.1) is 11.8 Å². The van der Waals surface area contributed by atoms with E-state index in [9.17, 15) is 19.5 Å². The monoisotopic (exact) mass is 372 g/mol. The highest BCUT2D eigenvalue weighted by molar-refractivity contribution is 6.11. The summed E-state index contributed by atoms with van der Waals surface area (Å²) >= 11 is 0. The van der Waals surface area contributed by atoms with Gasteiger partial charge in [0.1, 0.15) is 5.58 Å². The van der Waals surface area contributed by atoms with Crippen molar-refractivity contribution in [1.82, 2.24) is 4.90 Å². The molecule has 7 nitrogen and oxygen atoms in total. The Morgan fingerprint density at radius 1 is 1.26 bits per heavy atom. The van der Waals surface area contributed by atoms with Crippen molar-refractivity contribution in [2.75, 3.05) is 18.4 Å². The molecule has 1 amide bonds. The van der Waals surface area contributed by atoms with Gasteiger partial charge in [0.25, 0.3) is 0 Å². The molecule has 2 N–H and O–H groups in total. The maximum Gasteiger partial charge on any atom is 0.307 e. The minimum atomic E-state index is -0.834. The summed E-state index contributed by atoms with van der Waals surface area (Å²) in [4.78, 5) is 38.1. The molecule has 2 heterocycles. The van der Waals surface area contributed by atoms with Crippen molar-refractivity contribution < 1.29 is 23.9 Å². The predicted octanol–water partition coefficient (Wildman–Crippen LogP) is 3.01. The smallest absolute Gasteiger partial charge is 0.307 e. The number of carboxylic acid groups (broad SMARTS) is 1. The Labute approximate surface area is 157 Å². The second-order valence-electron chi connectivity index (χ2n) is 7.35. The molecule has 0 bridgehead atoms. The zero-order valence-electron chi connectivity index (χ0n) is 15.7. The lowest BCUT2D eigenvalue weighted by atomic mass is 9.89. The summed E-state index contributed by atoms with van der Waals surface area (Å²) in [5.74, 6) is -1.57. The number of nitrogens with one attached hydrogen (secondary N) is 1. The van der Waals surface area contributed by atoms with Crippen molar-refractivity contribution in [2.45, 2.75) is 33.2 Å². The zero-order valence-corrected chi connectivity index (χ0v) is 15.7. The van der Waals surface area contributed by atoms with Gasteiger partial charge in [0.15, 0.2) is 11.5 Å². The topological polar surface area (TPSA) is 99.9 Å². The fourth-order valence-electron chi connectivity index (χ4n) is 3.70. The highest BCUT2D eigenvalue weighted by Crippen LogP contribution is 2.32. The normalized spacial score (nSPS) is 21.7. The number of ketones is 1. The number of anilines is 1. The fraction of sp³-hybridized carbons (Fsp3) is 0.450. The lowest BCUT2D eigenvalue weighted by Gasteiger charge is -2.37. The molecule has 0 aliphatic carbocycles. The van der Waals surface area contributed by atoms with Crippen LogP contribution >= 0.6 is 0 Å². The number of furan rings is 1. The van der Waals surface area contributed by atoms with Crippen LogP contribution in [-0.2, 0) is 9.59 Å². The molecule has 3 rings (SSSR count). The molecule has 27 heavy (non-hydrogen) atoms. The Morgan fingerprint density at radius 2 is 1.96 bits per heavy atom. The molecule has 1 aromatic heterocycles. The second-order valence-corrected chi connectivity index (χ2v) is 7.35. The SMILES string of the molecule is CC(=O)c1oc2ccccc2c1NC(=O)C(C)N1CC(C)CC(C(=O)O)C1. The summed E-state index contributed by atoms with van der Waals surface area (Å²) in [7, 11) is 0. The number of fused-ring (bicyclic) bond motifs is 1. The predicted molar refractivity (Wildman–Crippen MR) is 101 cm³/mol. The molecule has 1 aromatic carbocycles. The number of carbonyl (C=O) groups is 3. The number of hydrogen-bond acceptors (Lipinski definition) is 5. The average molecular weight is 372 g/mol. The third-order valence-electron chi connectivity index (χ3n) is 5.13. The molecule has 1 aliphatic heterocycles. The molecule has 1 saturated heterocycles. The van der Waals surface area contributed by atoms with E-state index >= 15 is 0 Å². The molecule has 0 saturated carbocycles. The first-order valence-electron chi connectivity index (χ1n) is 9.08. The first-order chi connectivity index (χ1) is 12.8. The van der Waals surface area contributed by atoms with Crippen LogP contribution in [0.25, 0.3) is 11.0 Å². The zero-order chi connectivity index (χ0) is 19.7. The van der Waals surface area contributed by atoms with Gasteiger partial charge in [-0.15, -0.1) is 0 Å². The van der Waals surface area contributed by atoms with E-state index in [1.54, 1.807) is 25.1 Å². The van der Waals surface area contributed by atoms with Crippen molar-refractivity contribution in [3.63, 3.8) is 0 Å². The third kappa shape index (κ3) is 3.88. The highest BCUT2D eigenvalue weighted by Gasteiger charge is 2.34. The van der Waals surface area contributed by atoms with E-state index < -0.39 is 17.9 Å². The maximum absolute atomic E-state index is 12.9. The summed E-state index contributed by atoms with van der Waals surface area (Å²) < 4.78 is 5.60. The van der Waals surface area contributed by atoms with Crippen LogP contribution in [0.15, 0.2) is 28.7 Å². The molecular formula is C20H24N2O5. The summed E-state index contributed by atoms with van der Waals surface area (Å²) in [5, 5.41) is 12.8. The number of carboxylic acids is 1. The van der Waals surface area contributed by atoms with Gasteiger partial charge in [-0.3, -0.25) is 19.3 Å². The highest BCUT2D eigenvalue weighted by atomic mass is 16.4. The fourth-order valence-corrected chi connectivity index (χ4v) is 3.70. The van der Waals surface area contributed by atoms with Gasteiger partial charge in [0.2, 0.25) is 5.91 Å². The first kappa shape index (κ1) is 19.1. The van der Waals surface area contributed by atoms with Crippen molar-refractivity contribution in [2.24, 2.45) is 11.8 Å². The Bertz CT molecular complexity index is 888. The number of nitrogens with zero attached hydrogens (tertiary/aromatic N) is 1. The van der Waals surface area contributed by atoms with E-state index in [-0.39, 0.29) is 23.4 Å². The average Bonchev–Trinajstić information content (AvgIpc) is 2.99. The first-order valence-corrected chi connectivity index (χ1v) is 9.08. The number of likely N-dealkylation sites (tertiary alicyclic amines) is 1. The van der Waals surface area contributed by atoms with E-state index in [1.807, 2.05) is 17.9 Å². The van der Waals surface area contributed by atoms with Gasteiger partial charge in [-0.05, 0) is 31.4 Å². The number of carbonyl (C=O) groups excluding carboxylic acids is 2. The van der Waals surface area contributed by atoms with Gasteiger partial charge >= 0.3 is 5.97 Å². The molecule has 0 spiro atoms. The van der Waals surface area contributed by atoms with Gasteiger partial charge in [0, 0.05) is 25.4 Å². The largest absolute Gasteiger partial charge is 0.481 e. The third-order valence-corrected chi connectivity index (χ3v) is 5.13. The van der Waals surface area contributed by atoms with Crippen LogP contribution < -0.4 is 5.32 Å². The number of piperidine rings is 1. The lowest BCUT2D eigenvalue weighted by Crippen LogP contribution is -2.50. The molecule has 3 unspecified atom stereocenters. The quantitative estimate of drug-likeness (QED) is 0.783. The summed E-state index contributed by atoms with van der Waals surface area (Å²) in [6.45, 7) is 6.12. The molecule has 0 radical (unpaired) electrons. The van der Waals surface area contributed by atoms with Crippen LogP contribution in [-0.4, -0.2) is 46.8 Å². The molecule has 7 heteroatoms. The Hall–Kier alpha value is -2.67. The van der Waals surface area contributed by atoms with Crippen LogP contribution in [0.3, 0.4) is 0 Å². The second kappa shape index (κ2) is 7.52. The summed E-state index contributed by atoms with van der Waals surface area (Å²) in [5.41, 5.74) is 0.901. The Morgan fingerprint density at radius 3 is 2.63 bits per heavy atom. The molecule has 144 valence electrons. The number of Topliss-reactive ketones (excluding diaryl/α,β-unsaturated/α-hetero) is 1. The van der Waals surface area contributed by atoms with Crippen LogP contribution in [0.4, 0.5) is 5.69 Å². The number of benzene rings is 1. The van der Waals surface area contributed by atoms with E-state index in [4.69, 9.17) is 4.42 Å². The van der Waals surface area contributed by atoms with E-state index in [2.05, 4.69) is 5.32 Å². The molecular weight excluding hydrogens is 348 g/mol. The number of amides is 1. The molecule has 3 atom stereocenters. The van der Waals surface area contributed by atoms with E-state index in [0.29, 0.717) is 36.2 Å². The van der Waals surface area contributed by atoms with Gasteiger partial charge in [-0.1, -0.05) is 19.1 Å². The minimum Gasteiger partial charge on any atom is -0.481 e. The van der Waals surface area contributed by atoms with Gasteiger partial charge in [0.05, 0.1) is 17.6 Å². The maximum atomic E-state index is 12.9. The van der Waals surface area contributed by atoms with Crippen molar-refractivity contribution in [1.29, 1.82) is 0 Å². The van der Waals surface area contributed by atoms with E-state index in [1.165, 1.54) is 6.92 Å². The standard InChI is InChI=1S/C20H24N2O5/c1-11-8-14(20(25)26)10-22(9-11)12(2)19(24)21-17-15-6-4-5-7-16(15)27-18(17)13(3)23/h4-7,11-12,14H,8-10H2,1-3H3,(H,21,24)(H,25,26). The van der Waals surface area contributed by atoms with Crippen molar-refractivity contribution in [3.8, 4) is 0 Å². The summed E-state index contributed by atoms with van der Waals surface area (Å²) in [6.07, 6.45) is 0.612. The van der Waals surface area contributed by atoms with Crippen LogP contribution in [0.2, 0.25) is 0 Å². The van der Waals surface area contributed by atoms with Crippen molar-refractivity contribution in [3.05, 3.63) is 30.0 Å². The Balaban J connectivity index is 1.83. The van der Waals surface area contributed by atoms with E-state index in [0.717, 1.165) is 0 Å². The van der Waals surface area contributed by atoms with Crippen molar-refractivity contribution >= 4 is 34.3 Å². The number of aliphatic carboxylic acids is 1. The molecule has 1 aliphatic rings. The Kier molecular flexibility index (Phi) is 5.32. The molecule has 1 fully saturated rings. The summed E-state index contributed by atoms with van der Waals surface area (Å²) in [6, 6.07) is 6.61. The lowest BCUT2D eigenvalue weighted by molar-refractivity contribution is -0.145. The van der Waals surface area contributed by atoms with Crippen LogP contribution in [0.5, 0.6) is 0 Å². The minimum absolute atomic E-state index is 0.118.